The summed E-state index contributed by atoms with van der Waals surface area (Å²) in [6.07, 6.45) is 1.22. The Morgan fingerprint density at radius 2 is 2.07 bits per heavy atom. The minimum absolute atomic E-state index is 0.0500. The minimum Gasteiger partial charge on any atom is -0.493 e. The number of hydrogen-bond donors (Lipinski definition) is 3. The first-order chi connectivity index (χ1) is 14.3. The Labute approximate surface area is 175 Å². The summed E-state index contributed by atoms with van der Waals surface area (Å²) in [6, 6.07) is 5.69. The number of aliphatic hydroxyl groups is 1. The van der Waals surface area contributed by atoms with E-state index in [0.717, 1.165) is 6.42 Å². The lowest BCUT2D eigenvalue weighted by atomic mass is 10.1. The van der Waals surface area contributed by atoms with E-state index >= 15 is 0 Å². The summed E-state index contributed by atoms with van der Waals surface area (Å²) in [5, 5.41) is 17.3. The second-order valence-electron chi connectivity index (χ2n) is 7.17. The Hall–Kier alpha value is -2.56. The third-order valence-corrected chi connectivity index (χ3v) is 6.70. The van der Waals surface area contributed by atoms with Crippen molar-refractivity contribution in [3.63, 3.8) is 0 Å². The van der Waals surface area contributed by atoms with Crippen LogP contribution in [0.3, 0.4) is 0 Å². The molecule has 3 rings (SSSR count). The van der Waals surface area contributed by atoms with Crippen LogP contribution in [0.15, 0.2) is 34.0 Å². The number of hydrogen-bond acceptors (Lipinski definition) is 7. The molecule has 162 valence electrons. The molecule has 2 aromatic rings. The Bertz CT molecular complexity index is 1090. The van der Waals surface area contributed by atoms with Gasteiger partial charge in [-0.05, 0) is 31.5 Å². The average molecular weight is 435 g/mol. The Kier molecular flexibility index (Phi) is 6.69. The lowest BCUT2D eigenvalue weighted by Gasteiger charge is -2.37. The standard InChI is InChI=1S/C20H26N4O5S/c1-3-5-16(21)17-9-19(26)23-20(22-17)15-8-14(6-7-18(15)29-4-2)30(27,28)24-10-13(11-24)12-25/h6-9,13,21,25H,3-5,10-12H2,1-2H3,(H,22,23,26). The summed E-state index contributed by atoms with van der Waals surface area (Å²) in [6.45, 7) is 4.55. The zero-order chi connectivity index (χ0) is 21.9. The molecule has 1 aliphatic heterocycles. The van der Waals surface area contributed by atoms with E-state index in [1.165, 1.54) is 22.5 Å². The van der Waals surface area contributed by atoms with Gasteiger partial charge in [-0.1, -0.05) is 13.3 Å². The molecule has 1 aromatic heterocycles. The quantitative estimate of drug-likeness (QED) is 0.513. The molecule has 0 saturated carbocycles. The van der Waals surface area contributed by atoms with E-state index in [1.54, 1.807) is 13.0 Å². The van der Waals surface area contributed by atoms with Crippen LogP contribution in [0.4, 0.5) is 0 Å². The summed E-state index contributed by atoms with van der Waals surface area (Å²) in [4.78, 5) is 19.3. The van der Waals surface area contributed by atoms with Gasteiger partial charge >= 0.3 is 0 Å². The molecule has 0 unspecified atom stereocenters. The SMILES string of the molecule is CCCC(=N)c1cc(=O)[nH]c(-c2cc(S(=O)(=O)N3CC(CO)C3)ccc2OCC)n1. The summed E-state index contributed by atoms with van der Waals surface area (Å²) < 4.78 is 32.8. The zero-order valence-electron chi connectivity index (χ0n) is 17.0. The monoisotopic (exact) mass is 434 g/mol. The number of aromatic amines is 1. The highest BCUT2D eigenvalue weighted by Gasteiger charge is 2.36. The molecule has 0 atom stereocenters. The van der Waals surface area contributed by atoms with Crippen molar-refractivity contribution in [3.8, 4) is 17.1 Å². The van der Waals surface area contributed by atoms with Gasteiger partial charge in [0.1, 0.15) is 11.6 Å². The molecule has 9 nitrogen and oxygen atoms in total. The smallest absolute Gasteiger partial charge is 0.251 e. The van der Waals surface area contributed by atoms with Crippen LogP contribution in [0.2, 0.25) is 0 Å². The summed E-state index contributed by atoms with van der Waals surface area (Å²) >= 11 is 0. The lowest BCUT2D eigenvalue weighted by molar-refractivity contribution is 0.117. The largest absolute Gasteiger partial charge is 0.493 e. The third-order valence-electron chi connectivity index (χ3n) is 4.88. The van der Waals surface area contributed by atoms with Crippen LogP contribution < -0.4 is 10.3 Å². The number of rotatable bonds is 9. The van der Waals surface area contributed by atoms with E-state index < -0.39 is 15.6 Å². The van der Waals surface area contributed by atoms with Gasteiger partial charge in [0, 0.05) is 31.7 Å². The molecule has 0 radical (unpaired) electrons. The maximum Gasteiger partial charge on any atom is 0.251 e. The molecule has 0 aliphatic carbocycles. The van der Waals surface area contributed by atoms with Crippen molar-refractivity contribution in [2.75, 3.05) is 26.3 Å². The summed E-state index contributed by atoms with van der Waals surface area (Å²) in [5.74, 6) is 0.479. The van der Waals surface area contributed by atoms with Gasteiger partial charge in [-0.25, -0.2) is 13.4 Å². The predicted molar refractivity (Wildman–Crippen MR) is 113 cm³/mol. The number of nitrogens with one attached hydrogen (secondary N) is 2. The van der Waals surface area contributed by atoms with Crippen LogP contribution >= 0.6 is 0 Å². The predicted octanol–water partition coefficient (Wildman–Crippen LogP) is 1.62. The second kappa shape index (κ2) is 9.07. The summed E-state index contributed by atoms with van der Waals surface area (Å²) in [5.41, 5.74) is 0.391. The van der Waals surface area contributed by atoms with Crippen molar-refractivity contribution < 1.29 is 18.3 Å². The van der Waals surface area contributed by atoms with Gasteiger partial charge in [-0.15, -0.1) is 0 Å². The van der Waals surface area contributed by atoms with Crippen LogP contribution in [0, 0.1) is 11.3 Å². The van der Waals surface area contributed by atoms with Gasteiger partial charge in [0.15, 0.2) is 0 Å². The Morgan fingerprint density at radius 3 is 2.70 bits per heavy atom. The van der Waals surface area contributed by atoms with Gasteiger partial charge in [-0.3, -0.25) is 4.79 Å². The van der Waals surface area contributed by atoms with Gasteiger partial charge in [0.05, 0.1) is 28.5 Å². The van der Waals surface area contributed by atoms with Crippen LogP contribution in [0.1, 0.15) is 32.4 Å². The van der Waals surface area contributed by atoms with Crippen molar-refractivity contribution in [1.82, 2.24) is 14.3 Å². The normalized spacial score (nSPS) is 15.0. The van der Waals surface area contributed by atoms with Crippen molar-refractivity contribution in [2.24, 2.45) is 5.92 Å². The van der Waals surface area contributed by atoms with Crippen LogP contribution in [0.25, 0.3) is 11.4 Å². The van der Waals surface area contributed by atoms with E-state index in [-0.39, 0.29) is 47.7 Å². The molecule has 0 bridgehead atoms. The van der Waals surface area contributed by atoms with Crippen molar-refractivity contribution in [1.29, 1.82) is 5.41 Å². The van der Waals surface area contributed by atoms with Crippen LogP contribution in [0.5, 0.6) is 5.75 Å². The first-order valence-electron chi connectivity index (χ1n) is 9.87. The van der Waals surface area contributed by atoms with Crippen molar-refractivity contribution in [2.45, 2.75) is 31.6 Å². The Balaban J connectivity index is 2.07. The number of H-pyrrole nitrogens is 1. The maximum absolute atomic E-state index is 12.9. The average Bonchev–Trinajstić information content (AvgIpc) is 2.67. The molecule has 1 aliphatic rings. The first-order valence-corrected chi connectivity index (χ1v) is 11.3. The van der Waals surface area contributed by atoms with Gasteiger partial charge in [0.2, 0.25) is 10.0 Å². The van der Waals surface area contributed by atoms with Crippen LogP contribution in [-0.2, 0) is 10.0 Å². The maximum atomic E-state index is 12.9. The molecule has 0 spiro atoms. The Morgan fingerprint density at radius 1 is 1.33 bits per heavy atom. The fourth-order valence-electron chi connectivity index (χ4n) is 3.24. The minimum atomic E-state index is -3.75. The number of benzene rings is 1. The highest BCUT2D eigenvalue weighted by Crippen LogP contribution is 2.33. The van der Waals surface area contributed by atoms with E-state index in [9.17, 15) is 13.2 Å². The number of aliphatic hydroxyl groups excluding tert-OH is 1. The first kappa shape index (κ1) is 22.1. The molecule has 1 saturated heterocycles. The van der Waals surface area contributed by atoms with E-state index in [0.29, 0.717) is 24.3 Å². The van der Waals surface area contributed by atoms with Gasteiger partial charge < -0.3 is 20.2 Å². The molecule has 30 heavy (non-hydrogen) atoms. The van der Waals surface area contributed by atoms with E-state index in [2.05, 4.69) is 9.97 Å². The van der Waals surface area contributed by atoms with Crippen LogP contribution in [-0.4, -0.2) is 59.8 Å². The third kappa shape index (κ3) is 4.45. The van der Waals surface area contributed by atoms with Gasteiger partial charge in [0.25, 0.3) is 5.56 Å². The fraction of sp³-hybridized carbons (Fsp3) is 0.450. The van der Waals surface area contributed by atoms with E-state index in [1.807, 2.05) is 6.92 Å². The molecular weight excluding hydrogens is 408 g/mol. The highest BCUT2D eigenvalue weighted by atomic mass is 32.2. The topological polar surface area (TPSA) is 136 Å². The van der Waals surface area contributed by atoms with Gasteiger partial charge in [-0.2, -0.15) is 4.31 Å². The van der Waals surface area contributed by atoms with E-state index in [4.69, 9.17) is 15.3 Å². The second-order valence-corrected chi connectivity index (χ2v) is 9.11. The lowest BCUT2D eigenvalue weighted by Crippen LogP contribution is -2.51. The molecular formula is C20H26N4O5S. The fourth-order valence-corrected chi connectivity index (χ4v) is 4.86. The van der Waals surface area contributed by atoms with Crippen molar-refractivity contribution in [3.05, 3.63) is 40.3 Å². The number of aromatic nitrogens is 2. The molecule has 1 fully saturated rings. The van der Waals surface area contributed by atoms with Crippen molar-refractivity contribution >= 4 is 15.7 Å². The summed E-state index contributed by atoms with van der Waals surface area (Å²) in [7, 11) is -3.75. The number of ether oxygens (including phenoxy) is 1. The molecule has 10 heteroatoms. The number of sulfonamides is 1. The molecule has 2 heterocycles. The molecule has 3 N–H and O–H groups in total. The number of nitrogens with zero attached hydrogens (tertiary/aromatic N) is 2. The molecule has 1 aromatic carbocycles. The highest BCUT2D eigenvalue weighted by molar-refractivity contribution is 7.89. The zero-order valence-corrected chi connectivity index (χ0v) is 17.8. The molecule has 0 amide bonds.